The molecule has 0 unspecified atom stereocenters. The highest BCUT2D eigenvalue weighted by Gasteiger charge is 2.30. The van der Waals surface area contributed by atoms with Crippen molar-refractivity contribution in [2.24, 2.45) is 0 Å². The maximum absolute atomic E-state index is 12.8. The average Bonchev–Trinajstić information content (AvgIpc) is 3.38. The zero-order valence-corrected chi connectivity index (χ0v) is 22.5. The van der Waals surface area contributed by atoms with E-state index < -0.39 is 17.7 Å². The summed E-state index contributed by atoms with van der Waals surface area (Å²) >= 11 is 0. The first-order chi connectivity index (χ1) is 17.5. The highest BCUT2D eigenvalue weighted by Crippen LogP contribution is 2.43. The maximum Gasteiger partial charge on any atom is 0.407 e. The summed E-state index contributed by atoms with van der Waals surface area (Å²) in [6, 6.07) is 4.07. The summed E-state index contributed by atoms with van der Waals surface area (Å²) in [6.07, 6.45) is 1.46. The molecule has 0 saturated carbocycles. The van der Waals surface area contributed by atoms with Crippen molar-refractivity contribution >= 4 is 12.1 Å². The fourth-order valence-corrected chi connectivity index (χ4v) is 4.71. The molecule has 3 aromatic rings. The van der Waals surface area contributed by atoms with Crippen LogP contribution in [0.15, 0.2) is 16.7 Å². The van der Waals surface area contributed by atoms with E-state index in [1.807, 2.05) is 46.8 Å². The van der Waals surface area contributed by atoms with Gasteiger partial charge in [-0.3, -0.25) is 4.68 Å². The van der Waals surface area contributed by atoms with Gasteiger partial charge in [-0.25, -0.2) is 9.59 Å². The summed E-state index contributed by atoms with van der Waals surface area (Å²) in [4.78, 5) is 24.8. The maximum atomic E-state index is 12.8. The Balaban J connectivity index is 1.67. The summed E-state index contributed by atoms with van der Waals surface area (Å²) in [7, 11) is 3.01. The van der Waals surface area contributed by atoms with Gasteiger partial charge >= 0.3 is 12.1 Å². The van der Waals surface area contributed by atoms with Crippen LogP contribution in [0.2, 0.25) is 0 Å². The molecule has 1 aliphatic carbocycles. The molecular formula is C27H34N4O6. The third-order valence-electron chi connectivity index (χ3n) is 6.27. The van der Waals surface area contributed by atoms with Gasteiger partial charge in [0.15, 0.2) is 0 Å². The molecular weight excluding hydrogens is 476 g/mol. The number of hydrogen-bond acceptors (Lipinski definition) is 8. The molecule has 1 aromatic carbocycles. The molecule has 2 aromatic heterocycles. The van der Waals surface area contributed by atoms with E-state index in [-0.39, 0.29) is 0 Å². The van der Waals surface area contributed by atoms with Crippen LogP contribution in [0.4, 0.5) is 4.79 Å². The number of nitrogens with zero attached hydrogens (tertiary/aromatic N) is 3. The summed E-state index contributed by atoms with van der Waals surface area (Å²) in [5.41, 5.74) is 6.02. The first kappa shape index (κ1) is 26.2. The number of aryl methyl sites for hydroxylation is 4. The number of esters is 1. The molecule has 37 heavy (non-hydrogen) atoms. The second-order valence-electron chi connectivity index (χ2n) is 10.1. The van der Waals surface area contributed by atoms with Crippen molar-refractivity contribution in [3.63, 3.8) is 0 Å². The molecule has 0 radical (unpaired) electrons. The molecule has 1 aliphatic rings. The van der Waals surface area contributed by atoms with E-state index in [0.29, 0.717) is 37.4 Å². The molecule has 2 heterocycles. The summed E-state index contributed by atoms with van der Waals surface area (Å²) in [6.45, 7) is 10.0. The van der Waals surface area contributed by atoms with E-state index in [2.05, 4.69) is 10.5 Å². The second kappa shape index (κ2) is 10.3. The molecule has 1 N–H and O–H groups in total. The number of fused-ring (bicyclic) bond motifs is 3. The van der Waals surface area contributed by atoms with Gasteiger partial charge in [-0.1, -0.05) is 5.16 Å². The van der Waals surface area contributed by atoms with E-state index in [1.54, 1.807) is 11.8 Å². The van der Waals surface area contributed by atoms with Gasteiger partial charge in [-0.2, -0.15) is 5.10 Å². The predicted molar refractivity (Wildman–Crippen MR) is 137 cm³/mol. The van der Waals surface area contributed by atoms with Crippen LogP contribution in [-0.4, -0.2) is 53.4 Å². The van der Waals surface area contributed by atoms with Crippen molar-refractivity contribution in [2.75, 3.05) is 20.8 Å². The number of hydrogen-bond donors (Lipinski definition) is 1. The van der Waals surface area contributed by atoms with Gasteiger partial charge in [0.05, 0.1) is 31.2 Å². The van der Waals surface area contributed by atoms with Gasteiger partial charge in [0, 0.05) is 29.8 Å². The van der Waals surface area contributed by atoms with E-state index in [0.717, 1.165) is 51.4 Å². The highest BCUT2D eigenvalue weighted by molar-refractivity contribution is 5.93. The van der Waals surface area contributed by atoms with Crippen molar-refractivity contribution in [3.8, 4) is 28.1 Å². The van der Waals surface area contributed by atoms with Crippen LogP contribution in [-0.2, 0) is 28.9 Å². The third-order valence-corrected chi connectivity index (χ3v) is 6.27. The van der Waals surface area contributed by atoms with E-state index in [9.17, 15) is 9.59 Å². The predicted octanol–water partition coefficient (Wildman–Crippen LogP) is 4.63. The lowest BCUT2D eigenvalue weighted by Gasteiger charge is -2.19. The molecule has 0 atom stereocenters. The molecule has 198 valence electrons. The number of nitrogens with one attached hydrogen (secondary N) is 1. The van der Waals surface area contributed by atoms with Gasteiger partial charge in [-0.05, 0) is 71.6 Å². The number of carbonyl (C=O) groups excluding carboxylic acids is 2. The molecule has 10 heteroatoms. The lowest BCUT2D eigenvalue weighted by molar-refractivity contribution is 0.0522. The van der Waals surface area contributed by atoms with Gasteiger partial charge in [0.1, 0.15) is 22.8 Å². The van der Waals surface area contributed by atoms with E-state index in [1.165, 1.54) is 7.11 Å². The van der Waals surface area contributed by atoms with Gasteiger partial charge in [0.25, 0.3) is 0 Å². The summed E-state index contributed by atoms with van der Waals surface area (Å²) < 4.78 is 23.2. The van der Waals surface area contributed by atoms with Crippen LogP contribution in [0.1, 0.15) is 60.3 Å². The first-order valence-electron chi connectivity index (χ1n) is 12.3. The number of methoxy groups -OCH3 is 2. The Morgan fingerprint density at radius 3 is 2.51 bits per heavy atom. The number of alkyl carbamates (subject to hydrolysis) is 1. The molecule has 4 rings (SSSR count). The Morgan fingerprint density at radius 1 is 1.14 bits per heavy atom. The minimum Gasteiger partial charge on any atom is -0.496 e. The van der Waals surface area contributed by atoms with Crippen LogP contribution in [0, 0.1) is 13.8 Å². The number of carbonyl (C=O) groups is 2. The highest BCUT2D eigenvalue weighted by atomic mass is 16.6. The standard InChI is InChI=1S/C27H34N4O6/c1-15-22(16(2)37-30-15)20-14-19-17(13-21(20)34-6)9-10-18-23(19)29-31(24(18)25(32)35-7)12-8-11-28-26(33)36-27(3,4)5/h13-14H,8-12H2,1-7H3,(H,28,33). The number of amides is 1. The van der Waals surface area contributed by atoms with Crippen molar-refractivity contribution in [1.82, 2.24) is 20.3 Å². The van der Waals surface area contributed by atoms with Crippen LogP contribution in [0.3, 0.4) is 0 Å². The van der Waals surface area contributed by atoms with Crippen molar-refractivity contribution in [2.45, 2.75) is 66.0 Å². The van der Waals surface area contributed by atoms with Crippen molar-refractivity contribution < 1.29 is 28.3 Å². The quantitative estimate of drug-likeness (QED) is 0.361. The van der Waals surface area contributed by atoms with Gasteiger partial charge in [0.2, 0.25) is 0 Å². The smallest absolute Gasteiger partial charge is 0.407 e. The van der Waals surface area contributed by atoms with Crippen molar-refractivity contribution in [3.05, 3.63) is 40.4 Å². The molecule has 0 bridgehead atoms. The molecule has 1 amide bonds. The molecule has 0 saturated heterocycles. The zero-order chi connectivity index (χ0) is 26.9. The number of rotatable bonds is 7. The third kappa shape index (κ3) is 5.33. The summed E-state index contributed by atoms with van der Waals surface area (Å²) in [5, 5.41) is 11.7. The molecule has 0 aliphatic heterocycles. The Labute approximate surface area is 216 Å². The minimum absolute atomic E-state index is 0.379. The first-order valence-corrected chi connectivity index (χ1v) is 12.3. The van der Waals surface area contributed by atoms with E-state index in [4.69, 9.17) is 23.8 Å². The van der Waals surface area contributed by atoms with Crippen LogP contribution < -0.4 is 10.1 Å². The SMILES string of the molecule is COC(=O)c1c2c(nn1CCCNC(=O)OC(C)(C)C)-c1cc(-c3c(C)noc3C)c(OC)cc1CC2. The number of aromatic nitrogens is 3. The Bertz CT molecular complexity index is 1310. The summed E-state index contributed by atoms with van der Waals surface area (Å²) in [5.74, 6) is 0.999. The largest absolute Gasteiger partial charge is 0.496 e. The topological polar surface area (TPSA) is 118 Å². The fraction of sp³-hybridized carbons (Fsp3) is 0.481. The zero-order valence-electron chi connectivity index (χ0n) is 22.5. The normalized spacial score (nSPS) is 12.5. The van der Waals surface area contributed by atoms with E-state index >= 15 is 0 Å². The molecule has 0 fully saturated rings. The van der Waals surface area contributed by atoms with Crippen LogP contribution >= 0.6 is 0 Å². The number of ether oxygens (including phenoxy) is 3. The van der Waals surface area contributed by atoms with Crippen LogP contribution in [0.25, 0.3) is 22.4 Å². The average molecular weight is 511 g/mol. The minimum atomic E-state index is -0.568. The lowest BCUT2D eigenvalue weighted by Crippen LogP contribution is -2.33. The Hall–Kier alpha value is -3.82. The number of benzene rings is 1. The molecule has 10 nitrogen and oxygen atoms in total. The fourth-order valence-electron chi connectivity index (χ4n) is 4.71. The monoisotopic (exact) mass is 510 g/mol. The van der Waals surface area contributed by atoms with Crippen molar-refractivity contribution in [1.29, 1.82) is 0 Å². The van der Waals surface area contributed by atoms with Crippen LogP contribution in [0.5, 0.6) is 5.75 Å². The lowest BCUT2D eigenvalue weighted by atomic mass is 9.86. The van der Waals surface area contributed by atoms with Gasteiger partial charge in [-0.15, -0.1) is 0 Å². The Morgan fingerprint density at radius 2 is 1.89 bits per heavy atom. The molecule has 0 spiro atoms. The Kier molecular flexibility index (Phi) is 7.29. The second-order valence-corrected chi connectivity index (χ2v) is 10.1. The van der Waals surface area contributed by atoms with Gasteiger partial charge < -0.3 is 24.1 Å².